The minimum absolute atomic E-state index is 0.179. The molecule has 100 valence electrons. The number of urea groups is 1. The predicted molar refractivity (Wildman–Crippen MR) is 65.3 cm³/mol. The summed E-state index contributed by atoms with van der Waals surface area (Å²) in [5, 5.41) is 2.99. The largest absolute Gasteiger partial charge is 0.494 e. The van der Waals surface area contributed by atoms with Gasteiger partial charge in [-0.15, -0.1) is 0 Å². The third-order valence-corrected chi connectivity index (χ3v) is 2.46. The first-order valence-corrected chi connectivity index (χ1v) is 5.75. The van der Waals surface area contributed by atoms with E-state index in [4.69, 9.17) is 4.74 Å². The molecule has 0 bridgehead atoms. The first-order valence-electron chi connectivity index (χ1n) is 5.75. The van der Waals surface area contributed by atoms with Gasteiger partial charge >= 0.3 is 6.03 Å². The molecule has 0 saturated carbocycles. The number of carbonyl (C=O) groups is 3. The van der Waals surface area contributed by atoms with Crippen molar-refractivity contribution in [2.24, 2.45) is 0 Å². The van der Waals surface area contributed by atoms with Gasteiger partial charge in [0.25, 0.3) is 5.91 Å². The summed E-state index contributed by atoms with van der Waals surface area (Å²) in [5.74, 6) is -0.252. The summed E-state index contributed by atoms with van der Waals surface area (Å²) < 4.78 is 5.25. The molecule has 1 fully saturated rings. The standard InChI is InChI=1S/C12H13N3O4/c1-2-19-9-5-3-8(4-6-9)11(17)14-15-7-10(16)13-12(15)18/h3-6H,2,7H2,1H3,(H,14,17)(H,13,16,18). The lowest BCUT2D eigenvalue weighted by Crippen LogP contribution is -2.44. The summed E-state index contributed by atoms with van der Waals surface area (Å²) in [6, 6.07) is 5.84. The van der Waals surface area contributed by atoms with Gasteiger partial charge < -0.3 is 4.74 Å². The summed E-state index contributed by atoms with van der Waals surface area (Å²) in [6.07, 6.45) is 0. The van der Waals surface area contributed by atoms with Crippen LogP contribution in [0.3, 0.4) is 0 Å². The minimum atomic E-state index is -0.635. The van der Waals surface area contributed by atoms with Crippen LogP contribution in [-0.4, -0.2) is 36.0 Å². The average Bonchev–Trinajstić information content (AvgIpc) is 2.69. The molecule has 7 heteroatoms. The number of rotatable bonds is 4. The zero-order valence-corrected chi connectivity index (χ0v) is 10.3. The Balaban J connectivity index is 2.00. The summed E-state index contributed by atoms with van der Waals surface area (Å²) in [7, 11) is 0. The number of nitrogens with one attached hydrogen (secondary N) is 2. The Morgan fingerprint density at radius 3 is 2.58 bits per heavy atom. The second kappa shape index (κ2) is 5.38. The van der Waals surface area contributed by atoms with Gasteiger partial charge in [-0.2, -0.15) is 0 Å². The monoisotopic (exact) mass is 263 g/mol. The van der Waals surface area contributed by atoms with Crippen molar-refractivity contribution in [3.8, 4) is 5.75 Å². The number of benzene rings is 1. The smallest absolute Gasteiger partial charge is 0.343 e. The van der Waals surface area contributed by atoms with Gasteiger partial charge in [0.2, 0.25) is 5.91 Å². The fourth-order valence-corrected chi connectivity index (χ4v) is 1.59. The van der Waals surface area contributed by atoms with E-state index >= 15 is 0 Å². The van der Waals surface area contributed by atoms with Crippen molar-refractivity contribution in [1.29, 1.82) is 0 Å². The molecule has 0 aromatic heterocycles. The van der Waals surface area contributed by atoms with Crippen molar-refractivity contribution in [2.45, 2.75) is 6.92 Å². The van der Waals surface area contributed by atoms with Gasteiger partial charge in [-0.1, -0.05) is 0 Å². The Morgan fingerprint density at radius 1 is 1.37 bits per heavy atom. The summed E-state index contributed by atoms with van der Waals surface area (Å²) >= 11 is 0. The number of imide groups is 1. The molecule has 7 nitrogen and oxygen atoms in total. The van der Waals surface area contributed by atoms with Gasteiger partial charge in [-0.25, -0.2) is 9.80 Å². The highest BCUT2D eigenvalue weighted by Crippen LogP contribution is 2.12. The molecular formula is C12H13N3O4. The first-order chi connectivity index (χ1) is 9.10. The molecule has 1 aliphatic rings. The lowest BCUT2D eigenvalue weighted by molar-refractivity contribution is -0.118. The molecule has 2 N–H and O–H groups in total. The van der Waals surface area contributed by atoms with Crippen LogP contribution < -0.4 is 15.5 Å². The molecule has 0 aliphatic carbocycles. The lowest BCUT2D eigenvalue weighted by atomic mass is 10.2. The predicted octanol–water partition coefficient (Wildman–Crippen LogP) is 0.282. The maximum absolute atomic E-state index is 11.8. The molecule has 19 heavy (non-hydrogen) atoms. The average molecular weight is 263 g/mol. The molecule has 0 unspecified atom stereocenters. The molecule has 0 radical (unpaired) electrons. The summed E-state index contributed by atoms with van der Waals surface area (Å²) in [4.78, 5) is 34.0. The molecule has 1 aromatic carbocycles. The normalized spacial score (nSPS) is 14.3. The van der Waals surface area contributed by atoms with Crippen LogP contribution in [0.15, 0.2) is 24.3 Å². The Hall–Kier alpha value is -2.57. The van der Waals surface area contributed by atoms with Crippen LogP contribution in [0.25, 0.3) is 0 Å². The highest BCUT2D eigenvalue weighted by atomic mass is 16.5. The molecule has 2 rings (SSSR count). The Labute approximate surface area is 109 Å². The Morgan fingerprint density at radius 2 is 2.05 bits per heavy atom. The Bertz CT molecular complexity index is 512. The van der Waals surface area contributed by atoms with Crippen LogP contribution in [0, 0.1) is 0 Å². The summed E-state index contributed by atoms with van der Waals surface area (Å²) in [6.45, 7) is 2.23. The summed E-state index contributed by atoms with van der Waals surface area (Å²) in [5.41, 5.74) is 2.72. The number of hydrogen-bond donors (Lipinski definition) is 2. The number of ether oxygens (including phenoxy) is 1. The van der Waals surface area contributed by atoms with Crippen molar-refractivity contribution >= 4 is 17.8 Å². The minimum Gasteiger partial charge on any atom is -0.494 e. The van der Waals surface area contributed by atoms with Crippen LogP contribution in [0.4, 0.5) is 4.79 Å². The maximum atomic E-state index is 11.8. The number of carbonyl (C=O) groups excluding carboxylic acids is 3. The van der Waals surface area contributed by atoms with E-state index in [1.807, 2.05) is 6.92 Å². The van der Waals surface area contributed by atoms with Crippen molar-refractivity contribution in [3.05, 3.63) is 29.8 Å². The molecular weight excluding hydrogens is 250 g/mol. The molecule has 1 saturated heterocycles. The number of hydrazine groups is 1. The molecule has 1 aromatic rings. The fourth-order valence-electron chi connectivity index (χ4n) is 1.59. The lowest BCUT2D eigenvalue weighted by Gasteiger charge is -2.14. The van der Waals surface area contributed by atoms with Crippen LogP contribution in [0.2, 0.25) is 0 Å². The third kappa shape index (κ3) is 3.01. The zero-order valence-electron chi connectivity index (χ0n) is 10.3. The zero-order chi connectivity index (χ0) is 13.8. The van der Waals surface area contributed by atoms with E-state index in [0.717, 1.165) is 5.01 Å². The third-order valence-electron chi connectivity index (χ3n) is 2.46. The van der Waals surface area contributed by atoms with Crippen LogP contribution in [0.1, 0.15) is 17.3 Å². The van der Waals surface area contributed by atoms with E-state index in [1.54, 1.807) is 24.3 Å². The van der Waals surface area contributed by atoms with Gasteiger partial charge in [-0.05, 0) is 31.2 Å². The molecule has 0 atom stereocenters. The maximum Gasteiger partial charge on any atom is 0.343 e. The van der Waals surface area contributed by atoms with Crippen LogP contribution in [-0.2, 0) is 4.79 Å². The number of nitrogens with zero attached hydrogens (tertiary/aromatic N) is 1. The second-order valence-electron chi connectivity index (χ2n) is 3.84. The van der Waals surface area contributed by atoms with E-state index < -0.39 is 17.8 Å². The number of hydrogen-bond acceptors (Lipinski definition) is 4. The highest BCUT2D eigenvalue weighted by molar-refractivity contribution is 6.03. The van der Waals surface area contributed by atoms with Crippen molar-refractivity contribution < 1.29 is 19.1 Å². The molecule has 1 aliphatic heterocycles. The topological polar surface area (TPSA) is 87.7 Å². The van der Waals surface area contributed by atoms with Crippen molar-refractivity contribution in [2.75, 3.05) is 13.2 Å². The van der Waals surface area contributed by atoms with E-state index in [2.05, 4.69) is 10.7 Å². The van der Waals surface area contributed by atoms with E-state index in [1.165, 1.54) is 0 Å². The molecule has 0 spiro atoms. The highest BCUT2D eigenvalue weighted by Gasteiger charge is 2.28. The van der Waals surface area contributed by atoms with Crippen LogP contribution in [0.5, 0.6) is 5.75 Å². The van der Waals surface area contributed by atoms with Gasteiger partial charge in [-0.3, -0.25) is 20.3 Å². The van der Waals surface area contributed by atoms with Gasteiger partial charge in [0.15, 0.2) is 0 Å². The second-order valence-corrected chi connectivity index (χ2v) is 3.84. The van der Waals surface area contributed by atoms with Crippen LogP contribution >= 0.6 is 0 Å². The van der Waals surface area contributed by atoms with Crippen molar-refractivity contribution in [1.82, 2.24) is 15.8 Å². The first kappa shape index (κ1) is 12.9. The van der Waals surface area contributed by atoms with E-state index in [9.17, 15) is 14.4 Å². The molecule has 1 heterocycles. The van der Waals surface area contributed by atoms with Gasteiger partial charge in [0, 0.05) is 5.56 Å². The quantitative estimate of drug-likeness (QED) is 0.764. The SMILES string of the molecule is CCOc1ccc(C(=O)NN2CC(=O)NC2=O)cc1. The molecule has 4 amide bonds. The van der Waals surface area contributed by atoms with Crippen molar-refractivity contribution in [3.63, 3.8) is 0 Å². The van der Waals surface area contributed by atoms with Gasteiger partial charge in [0.05, 0.1) is 6.61 Å². The Kier molecular flexibility index (Phi) is 3.65. The van der Waals surface area contributed by atoms with E-state index in [0.29, 0.717) is 17.9 Å². The fraction of sp³-hybridized carbons (Fsp3) is 0.250. The number of amides is 4. The van der Waals surface area contributed by atoms with Gasteiger partial charge in [0.1, 0.15) is 12.3 Å². The van der Waals surface area contributed by atoms with E-state index in [-0.39, 0.29) is 6.54 Å².